The second-order valence-electron chi connectivity index (χ2n) is 4.20. The molecule has 92 valence electrons. The van der Waals surface area contributed by atoms with Crippen LogP contribution in [0.25, 0.3) is 0 Å². The molecule has 0 fully saturated rings. The zero-order valence-electron chi connectivity index (χ0n) is 10.3. The molecule has 0 saturated heterocycles. The van der Waals surface area contributed by atoms with Crippen molar-refractivity contribution in [2.24, 2.45) is 0 Å². The van der Waals surface area contributed by atoms with Gasteiger partial charge < -0.3 is 10.4 Å². The number of benzene rings is 1. The molecule has 0 radical (unpaired) electrons. The van der Waals surface area contributed by atoms with Gasteiger partial charge in [0.25, 0.3) is 5.91 Å². The molecule has 1 heterocycles. The van der Waals surface area contributed by atoms with Crippen LogP contribution in [0.4, 0.5) is 5.69 Å². The van der Waals surface area contributed by atoms with Crippen molar-refractivity contribution < 1.29 is 9.90 Å². The molecule has 0 aliphatic rings. The van der Waals surface area contributed by atoms with E-state index in [2.05, 4.69) is 10.3 Å². The fraction of sp³-hybridized carbons (Fsp3) is 0.143. The van der Waals surface area contributed by atoms with E-state index in [0.29, 0.717) is 11.3 Å². The first kappa shape index (κ1) is 12.1. The van der Waals surface area contributed by atoms with E-state index in [1.54, 1.807) is 31.5 Å². The maximum atomic E-state index is 12.0. The van der Waals surface area contributed by atoms with Crippen LogP contribution in [0, 0.1) is 13.8 Å². The monoisotopic (exact) mass is 242 g/mol. The summed E-state index contributed by atoms with van der Waals surface area (Å²) in [6.07, 6.45) is 3.32. The van der Waals surface area contributed by atoms with E-state index in [-0.39, 0.29) is 11.7 Å². The Bertz CT molecular complexity index is 594. The van der Waals surface area contributed by atoms with Gasteiger partial charge in [0.2, 0.25) is 0 Å². The van der Waals surface area contributed by atoms with Crippen LogP contribution in [-0.4, -0.2) is 16.0 Å². The number of pyridine rings is 1. The third kappa shape index (κ3) is 2.66. The molecule has 0 saturated carbocycles. The number of carbonyl (C=O) groups is 1. The fourth-order valence-corrected chi connectivity index (χ4v) is 1.72. The third-order valence-corrected chi connectivity index (χ3v) is 2.59. The lowest BCUT2D eigenvalue weighted by Crippen LogP contribution is -2.13. The number of phenols is 1. The van der Waals surface area contributed by atoms with Gasteiger partial charge in [0.1, 0.15) is 5.75 Å². The second-order valence-corrected chi connectivity index (χ2v) is 4.20. The Morgan fingerprint density at radius 2 is 2.00 bits per heavy atom. The molecule has 1 amide bonds. The van der Waals surface area contributed by atoms with Crippen molar-refractivity contribution in [2.75, 3.05) is 5.32 Å². The molecule has 4 nitrogen and oxygen atoms in total. The molecular weight excluding hydrogens is 228 g/mol. The number of amides is 1. The highest BCUT2D eigenvalue weighted by molar-refractivity contribution is 6.05. The number of aromatic nitrogens is 1. The van der Waals surface area contributed by atoms with Crippen LogP contribution in [0.5, 0.6) is 5.75 Å². The van der Waals surface area contributed by atoms with E-state index < -0.39 is 0 Å². The van der Waals surface area contributed by atoms with Gasteiger partial charge in [0, 0.05) is 11.8 Å². The predicted octanol–water partition coefficient (Wildman–Crippen LogP) is 2.66. The molecule has 0 unspecified atom stereocenters. The zero-order valence-corrected chi connectivity index (χ0v) is 10.3. The SMILES string of the molecule is Cc1cncc(NC(=O)c2ccc(O)cc2C)c1. The molecule has 1 aromatic carbocycles. The Balaban J connectivity index is 2.22. The number of anilines is 1. The molecule has 0 aliphatic carbocycles. The van der Waals surface area contributed by atoms with E-state index in [4.69, 9.17) is 0 Å². The smallest absolute Gasteiger partial charge is 0.255 e. The minimum Gasteiger partial charge on any atom is -0.508 e. The number of rotatable bonds is 2. The Kier molecular flexibility index (Phi) is 3.28. The Morgan fingerprint density at radius 3 is 2.67 bits per heavy atom. The maximum absolute atomic E-state index is 12.0. The van der Waals surface area contributed by atoms with Crippen molar-refractivity contribution >= 4 is 11.6 Å². The topological polar surface area (TPSA) is 62.2 Å². The first-order chi connectivity index (χ1) is 8.56. The average Bonchev–Trinajstić information content (AvgIpc) is 2.28. The quantitative estimate of drug-likeness (QED) is 0.851. The summed E-state index contributed by atoms with van der Waals surface area (Å²) in [5, 5.41) is 12.1. The van der Waals surface area contributed by atoms with Crippen LogP contribution < -0.4 is 5.32 Å². The lowest BCUT2D eigenvalue weighted by molar-refractivity contribution is 0.102. The van der Waals surface area contributed by atoms with Gasteiger partial charge in [0.05, 0.1) is 11.9 Å². The van der Waals surface area contributed by atoms with Gasteiger partial charge in [-0.3, -0.25) is 9.78 Å². The van der Waals surface area contributed by atoms with Gasteiger partial charge >= 0.3 is 0 Å². The van der Waals surface area contributed by atoms with Crippen LogP contribution in [0.15, 0.2) is 36.7 Å². The highest BCUT2D eigenvalue weighted by atomic mass is 16.3. The van der Waals surface area contributed by atoms with Crippen LogP contribution in [0.2, 0.25) is 0 Å². The minimum atomic E-state index is -0.208. The fourth-order valence-electron chi connectivity index (χ4n) is 1.72. The number of aryl methyl sites for hydroxylation is 2. The number of carbonyl (C=O) groups excluding carboxylic acids is 1. The Morgan fingerprint density at radius 1 is 1.22 bits per heavy atom. The highest BCUT2D eigenvalue weighted by Crippen LogP contribution is 2.17. The third-order valence-electron chi connectivity index (χ3n) is 2.59. The van der Waals surface area contributed by atoms with Crippen LogP contribution in [0.3, 0.4) is 0 Å². The number of aromatic hydroxyl groups is 1. The van der Waals surface area contributed by atoms with E-state index in [0.717, 1.165) is 11.1 Å². The molecule has 0 aliphatic heterocycles. The molecule has 4 heteroatoms. The summed E-state index contributed by atoms with van der Waals surface area (Å²) in [5.74, 6) is -0.0545. The van der Waals surface area contributed by atoms with E-state index >= 15 is 0 Å². The van der Waals surface area contributed by atoms with Gasteiger partial charge in [-0.05, 0) is 49.2 Å². The van der Waals surface area contributed by atoms with Crippen LogP contribution in [-0.2, 0) is 0 Å². The lowest BCUT2D eigenvalue weighted by atomic mass is 10.1. The standard InChI is InChI=1S/C14H14N2O2/c1-9-5-11(8-15-7-9)16-14(18)13-4-3-12(17)6-10(13)2/h3-8,17H,1-2H3,(H,16,18). The molecule has 2 rings (SSSR count). The number of hydrogen-bond acceptors (Lipinski definition) is 3. The first-order valence-electron chi connectivity index (χ1n) is 5.59. The lowest BCUT2D eigenvalue weighted by Gasteiger charge is -2.08. The molecule has 18 heavy (non-hydrogen) atoms. The van der Waals surface area contributed by atoms with Crippen LogP contribution >= 0.6 is 0 Å². The summed E-state index contributed by atoms with van der Waals surface area (Å²) in [7, 11) is 0. The van der Waals surface area contributed by atoms with Gasteiger partial charge in [-0.1, -0.05) is 0 Å². The Hall–Kier alpha value is -2.36. The molecule has 0 spiro atoms. The summed E-state index contributed by atoms with van der Waals surface area (Å²) in [4.78, 5) is 16.0. The highest BCUT2D eigenvalue weighted by Gasteiger charge is 2.09. The van der Waals surface area contributed by atoms with Crippen molar-refractivity contribution in [1.29, 1.82) is 0 Å². The van der Waals surface area contributed by atoms with Crippen molar-refractivity contribution in [3.8, 4) is 5.75 Å². The molecule has 2 aromatic rings. The minimum absolute atomic E-state index is 0.154. The van der Waals surface area contributed by atoms with Crippen molar-refractivity contribution in [1.82, 2.24) is 4.98 Å². The predicted molar refractivity (Wildman–Crippen MR) is 69.8 cm³/mol. The summed E-state index contributed by atoms with van der Waals surface area (Å²) in [6, 6.07) is 6.50. The van der Waals surface area contributed by atoms with E-state index in [1.807, 2.05) is 13.0 Å². The largest absolute Gasteiger partial charge is 0.508 e. The van der Waals surface area contributed by atoms with Gasteiger partial charge in [-0.15, -0.1) is 0 Å². The normalized spacial score (nSPS) is 10.1. The maximum Gasteiger partial charge on any atom is 0.255 e. The van der Waals surface area contributed by atoms with Gasteiger partial charge in [-0.2, -0.15) is 0 Å². The van der Waals surface area contributed by atoms with Crippen molar-refractivity contribution in [3.05, 3.63) is 53.3 Å². The number of hydrogen-bond donors (Lipinski definition) is 2. The first-order valence-corrected chi connectivity index (χ1v) is 5.59. The number of nitrogens with one attached hydrogen (secondary N) is 1. The summed E-state index contributed by atoms with van der Waals surface area (Å²) < 4.78 is 0. The average molecular weight is 242 g/mol. The molecule has 0 bridgehead atoms. The second kappa shape index (κ2) is 4.87. The molecular formula is C14H14N2O2. The van der Waals surface area contributed by atoms with Crippen molar-refractivity contribution in [2.45, 2.75) is 13.8 Å². The molecule has 2 N–H and O–H groups in total. The number of phenolic OH excluding ortho intramolecular Hbond substituents is 1. The van der Waals surface area contributed by atoms with Gasteiger partial charge in [0.15, 0.2) is 0 Å². The summed E-state index contributed by atoms with van der Waals surface area (Å²) in [6.45, 7) is 3.69. The van der Waals surface area contributed by atoms with Crippen LogP contribution in [0.1, 0.15) is 21.5 Å². The Labute approximate surface area is 105 Å². The zero-order chi connectivity index (χ0) is 13.1. The van der Waals surface area contributed by atoms with E-state index in [1.165, 1.54) is 6.07 Å². The molecule has 1 aromatic heterocycles. The number of nitrogens with zero attached hydrogens (tertiary/aromatic N) is 1. The summed E-state index contributed by atoms with van der Waals surface area (Å²) in [5.41, 5.74) is 2.91. The molecule has 0 atom stereocenters. The van der Waals surface area contributed by atoms with Gasteiger partial charge in [-0.25, -0.2) is 0 Å². The summed E-state index contributed by atoms with van der Waals surface area (Å²) >= 11 is 0. The van der Waals surface area contributed by atoms with E-state index in [9.17, 15) is 9.90 Å². The van der Waals surface area contributed by atoms with Crippen molar-refractivity contribution in [3.63, 3.8) is 0 Å².